The third kappa shape index (κ3) is 7.40. The van der Waals surface area contributed by atoms with Crippen molar-refractivity contribution in [2.45, 2.75) is 12.8 Å². The number of anilines is 4. The van der Waals surface area contributed by atoms with Crippen molar-refractivity contribution in [3.63, 3.8) is 0 Å². The van der Waals surface area contributed by atoms with Crippen molar-refractivity contribution < 1.29 is 4.79 Å². The van der Waals surface area contributed by atoms with E-state index in [-0.39, 0.29) is 17.8 Å². The number of nitrogen functional groups attached to an aromatic ring is 2. The summed E-state index contributed by atoms with van der Waals surface area (Å²) >= 11 is 0. The molecule has 0 aliphatic rings. The maximum atomic E-state index is 13.2. The van der Waals surface area contributed by atoms with Crippen LogP contribution in [0.1, 0.15) is 23.2 Å². The Kier molecular flexibility index (Phi) is 10.2. The molecule has 0 spiro atoms. The van der Waals surface area contributed by atoms with E-state index in [0.717, 1.165) is 54.5 Å². The van der Waals surface area contributed by atoms with Crippen LogP contribution in [0.25, 0.3) is 21.8 Å². The van der Waals surface area contributed by atoms with Crippen LogP contribution in [0.3, 0.4) is 0 Å². The quantitative estimate of drug-likeness (QED) is 0.0821. The predicted octanol–water partition coefficient (Wildman–Crippen LogP) is 0.991. The Morgan fingerprint density at radius 3 is 2.15 bits per heavy atom. The number of rotatable bonds is 15. The third-order valence-electron chi connectivity index (χ3n) is 6.42. The van der Waals surface area contributed by atoms with E-state index >= 15 is 0 Å². The maximum Gasteiger partial charge on any atom is 0.253 e. The van der Waals surface area contributed by atoms with Crippen molar-refractivity contribution in [1.82, 2.24) is 30.2 Å². The van der Waals surface area contributed by atoms with Gasteiger partial charge in [0.2, 0.25) is 17.8 Å². The normalized spacial score (nSPS) is 11.3. The molecule has 11 N–H and O–H groups in total. The lowest BCUT2D eigenvalue weighted by atomic mass is 10.0. The van der Waals surface area contributed by atoms with E-state index in [1.54, 1.807) is 0 Å². The van der Waals surface area contributed by atoms with E-state index in [2.05, 4.69) is 35.8 Å². The number of nitrogens with one attached hydrogen (secondary N) is 3. The molecule has 0 radical (unpaired) electrons. The number of carbonyl (C=O) groups excluding carboxylic acids is 1. The van der Waals surface area contributed by atoms with Crippen molar-refractivity contribution in [1.29, 1.82) is 0 Å². The van der Waals surface area contributed by atoms with Crippen molar-refractivity contribution in [3.05, 3.63) is 48.0 Å². The molecule has 40 heavy (non-hydrogen) atoms. The standard InChI is InChI=1S/C27H38N12O/c28-10-15-39(16-11-29)17-14-33-24(40)20-8-5-7-19-22(18-6-1-2-9-21(18)35-23(19)20)32-12-3-4-13-34-27-37-25(30)36-26(31)38-27/h1-2,5-9H,3-4,10-17,28-29H2,(H,32,35)(H,33,40)(H5,30,31,34,36,37,38). The van der Waals surface area contributed by atoms with Crippen molar-refractivity contribution in [2.24, 2.45) is 11.5 Å². The van der Waals surface area contributed by atoms with E-state index < -0.39 is 0 Å². The van der Waals surface area contributed by atoms with Crippen molar-refractivity contribution in [3.8, 4) is 0 Å². The van der Waals surface area contributed by atoms with Gasteiger partial charge in [-0.25, -0.2) is 4.98 Å². The summed E-state index contributed by atoms with van der Waals surface area (Å²) in [5.74, 6) is 0.370. The second-order valence-electron chi connectivity index (χ2n) is 9.32. The van der Waals surface area contributed by atoms with E-state index in [1.807, 2.05) is 42.5 Å². The van der Waals surface area contributed by atoms with Crippen molar-refractivity contribution in [2.75, 3.05) is 74.5 Å². The number of nitrogens with zero attached hydrogens (tertiary/aromatic N) is 5. The minimum Gasteiger partial charge on any atom is -0.384 e. The number of nitrogens with two attached hydrogens (primary N) is 4. The Hall–Kier alpha value is -4.33. The number of amides is 1. The molecule has 13 heteroatoms. The molecule has 0 saturated carbocycles. The zero-order chi connectivity index (χ0) is 28.3. The Morgan fingerprint density at radius 2 is 1.43 bits per heavy atom. The van der Waals surface area contributed by atoms with Crippen LogP contribution in [0.2, 0.25) is 0 Å². The maximum absolute atomic E-state index is 13.2. The molecular weight excluding hydrogens is 508 g/mol. The molecule has 0 aliphatic heterocycles. The summed E-state index contributed by atoms with van der Waals surface area (Å²) in [5.41, 5.74) is 25.6. The fraction of sp³-hybridized carbons (Fsp3) is 0.370. The first kappa shape index (κ1) is 28.7. The van der Waals surface area contributed by atoms with Gasteiger partial charge in [0.25, 0.3) is 5.91 Å². The number of aromatic nitrogens is 4. The average Bonchev–Trinajstić information content (AvgIpc) is 2.93. The molecule has 0 aliphatic carbocycles. The van der Waals surface area contributed by atoms with Gasteiger partial charge in [0.05, 0.1) is 22.3 Å². The number of benzene rings is 2. The lowest BCUT2D eigenvalue weighted by Crippen LogP contribution is -2.39. The predicted molar refractivity (Wildman–Crippen MR) is 161 cm³/mol. The summed E-state index contributed by atoms with van der Waals surface area (Å²) in [7, 11) is 0. The van der Waals surface area contributed by atoms with Gasteiger partial charge in [0, 0.05) is 63.1 Å². The SMILES string of the molecule is NCCN(CCN)CCNC(=O)c1cccc2c(NCCCCNc3nc(N)nc(N)n3)c3ccccc3nc12. The van der Waals surface area contributed by atoms with E-state index in [9.17, 15) is 4.79 Å². The molecule has 4 aromatic rings. The first-order valence-corrected chi connectivity index (χ1v) is 13.5. The molecule has 0 saturated heterocycles. The number of fused-ring (bicyclic) bond motifs is 2. The van der Waals surface area contributed by atoms with Gasteiger partial charge in [0.1, 0.15) is 0 Å². The number of pyridine rings is 1. The van der Waals surface area contributed by atoms with Gasteiger partial charge in [-0.3, -0.25) is 9.69 Å². The van der Waals surface area contributed by atoms with Gasteiger partial charge < -0.3 is 38.9 Å². The molecular formula is C27H38N12O. The fourth-order valence-corrected chi connectivity index (χ4v) is 4.56. The summed E-state index contributed by atoms with van der Waals surface area (Å²) in [6.45, 7) is 5.11. The highest BCUT2D eigenvalue weighted by molar-refractivity contribution is 6.14. The van der Waals surface area contributed by atoms with Crippen LogP contribution in [0.4, 0.5) is 23.5 Å². The number of unbranched alkanes of at least 4 members (excludes halogenated alkanes) is 1. The number of hydrogen-bond acceptors (Lipinski definition) is 12. The minimum atomic E-state index is -0.162. The van der Waals surface area contributed by atoms with E-state index in [0.29, 0.717) is 49.8 Å². The van der Waals surface area contributed by atoms with Gasteiger partial charge in [-0.2, -0.15) is 15.0 Å². The van der Waals surface area contributed by atoms with Crippen LogP contribution >= 0.6 is 0 Å². The Balaban J connectivity index is 1.44. The zero-order valence-corrected chi connectivity index (χ0v) is 22.6. The third-order valence-corrected chi connectivity index (χ3v) is 6.42. The highest BCUT2D eigenvalue weighted by atomic mass is 16.1. The lowest BCUT2D eigenvalue weighted by molar-refractivity contribution is 0.0950. The molecule has 212 valence electrons. The topological polar surface area (TPSA) is 212 Å². The van der Waals surface area contributed by atoms with Gasteiger partial charge in [-0.05, 0) is 25.0 Å². The first-order valence-electron chi connectivity index (χ1n) is 13.5. The zero-order valence-electron chi connectivity index (χ0n) is 22.6. The highest BCUT2D eigenvalue weighted by Gasteiger charge is 2.16. The molecule has 0 unspecified atom stereocenters. The lowest BCUT2D eigenvalue weighted by Gasteiger charge is -2.21. The molecule has 4 rings (SSSR count). The summed E-state index contributed by atoms with van der Waals surface area (Å²) in [5, 5.41) is 11.6. The van der Waals surface area contributed by atoms with Gasteiger partial charge in [-0.1, -0.05) is 30.3 Å². The Bertz CT molecular complexity index is 1400. The van der Waals surface area contributed by atoms with Crippen LogP contribution in [0, 0.1) is 0 Å². The number of carbonyl (C=O) groups is 1. The molecule has 2 aromatic carbocycles. The van der Waals surface area contributed by atoms with Crippen LogP contribution in [-0.2, 0) is 0 Å². The van der Waals surface area contributed by atoms with Crippen LogP contribution in [0.15, 0.2) is 42.5 Å². The molecule has 1 amide bonds. The second-order valence-corrected chi connectivity index (χ2v) is 9.32. The largest absolute Gasteiger partial charge is 0.384 e. The highest BCUT2D eigenvalue weighted by Crippen LogP contribution is 2.32. The van der Waals surface area contributed by atoms with Gasteiger partial charge >= 0.3 is 0 Å². The fourth-order valence-electron chi connectivity index (χ4n) is 4.56. The summed E-state index contributed by atoms with van der Waals surface area (Å²) in [6, 6.07) is 13.6. The average molecular weight is 547 g/mol. The Labute approximate surface area is 233 Å². The molecule has 13 nitrogen and oxygen atoms in total. The van der Waals surface area contributed by atoms with Crippen LogP contribution in [-0.4, -0.2) is 83.1 Å². The second kappa shape index (κ2) is 14.2. The van der Waals surface area contributed by atoms with Crippen LogP contribution < -0.4 is 38.9 Å². The van der Waals surface area contributed by atoms with Gasteiger partial charge in [-0.15, -0.1) is 0 Å². The summed E-state index contributed by atoms with van der Waals surface area (Å²) < 4.78 is 0. The molecule has 2 aromatic heterocycles. The smallest absolute Gasteiger partial charge is 0.253 e. The molecule has 0 atom stereocenters. The molecule has 0 bridgehead atoms. The monoisotopic (exact) mass is 546 g/mol. The van der Waals surface area contributed by atoms with Crippen molar-refractivity contribution >= 4 is 51.2 Å². The number of hydrogen-bond donors (Lipinski definition) is 7. The first-order chi connectivity index (χ1) is 19.5. The minimum absolute atomic E-state index is 0.0846. The van der Waals surface area contributed by atoms with E-state index in [1.165, 1.54) is 0 Å². The van der Waals surface area contributed by atoms with E-state index in [4.69, 9.17) is 27.9 Å². The molecule has 2 heterocycles. The summed E-state index contributed by atoms with van der Waals surface area (Å²) in [4.78, 5) is 32.1. The number of para-hydroxylation sites is 2. The molecule has 0 fully saturated rings. The van der Waals surface area contributed by atoms with Crippen LogP contribution in [0.5, 0.6) is 0 Å². The van der Waals surface area contributed by atoms with Gasteiger partial charge in [0.15, 0.2) is 0 Å². The Morgan fingerprint density at radius 1 is 0.750 bits per heavy atom. The summed E-state index contributed by atoms with van der Waals surface area (Å²) in [6.07, 6.45) is 1.74.